The second-order valence-electron chi connectivity index (χ2n) is 6.43. The minimum Gasteiger partial charge on any atom is -0.259 e. The maximum absolute atomic E-state index is 9.42. The third-order valence-electron chi connectivity index (χ3n) is 4.78. The third kappa shape index (κ3) is 2.41. The van der Waals surface area contributed by atoms with Gasteiger partial charge in [0, 0.05) is 0 Å². The Kier molecular flexibility index (Phi) is 3.94. The monoisotopic (exact) mass is 400 g/mol. The molecule has 12 nitrogen and oxygen atoms in total. The van der Waals surface area contributed by atoms with Crippen molar-refractivity contribution in [2.45, 2.75) is 18.5 Å². The highest BCUT2D eigenvalue weighted by atomic mass is 15.1. The van der Waals surface area contributed by atoms with E-state index in [0.29, 0.717) is 0 Å². The van der Waals surface area contributed by atoms with Crippen molar-refractivity contribution in [3.8, 4) is 47.8 Å². The molecule has 0 aromatic carbocycles. The number of aromatic nitrogens is 4. The number of rotatable bonds is 0. The van der Waals surface area contributed by atoms with Crippen molar-refractivity contribution in [2.75, 3.05) is 0 Å². The van der Waals surface area contributed by atoms with Crippen molar-refractivity contribution in [2.24, 2.45) is 9.98 Å². The van der Waals surface area contributed by atoms with E-state index in [-0.39, 0.29) is 57.0 Å². The Morgan fingerprint density at radius 2 is 1.16 bits per heavy atom. The van der Waals surface area contributed by atoms with Crippen LogP contribution in [-0.4, -0.2) is 31.4 Å². The molecule has 0 radical (unpaired) electrons. The molecule has 140 valence electrons. The van der Waals surface area contributed by atoms with Crippen molar-refractivity contribution < 1.29 is 0 Å². The lowest BCUT2D eigenvalue weighted by Crippen LogP contribution is -2.40. The van der Waals surface area contributed by atoms with Gasteiger partial charge in [0.25, 0.3) is 0 Å². The smallest absolute Gasteiger partial charge is 0.177 e. The van der Waals surface area contributed by atoms with E-state index in [4.69, 9.17) is 0 Å². The number of hydrogen-bond donors (Lipinski definition) is 0. The fourth-order valence-electron chi connectivity index (χ4n) is 3.41. The number of hydrogen-bond acceptors (Lipinski definition) is 12. The fraction of sp³-hybridized carbons (Fsp3) is 0.158. The summed E-state index contributed by atoms with van der Waals surface area (Å²) >= 11 is 0. The van der Waals surface area contributed by atoms with Crippen LogP contribution in [0.2, 0.25) is 0 Å². The summed E-state index contributed by atoms with van der Waals surface area (Å²) in [5.41, 5.74) is -2.80. The molecule has 1 aliphatic heterocycles. The highest BCUT2D eigenvalue weighted by molar-refractivity contribution is 6.53. The van der Waals surface area contributed by atoms with Crippen LogP contribution in [0.5, 0.6) is 0 Å². The van der Waals surface area contributed by atoms with E-state index in [9.17, 15) is 31.6 Å². The quantitative estimate of drug-likeness (QED) is 0.600. The highest BCUT2D eigenvalue weighted by Crippen LogP contribution is 2.51. The summed E-state index contributed by atoms with van der Waals surface area (Å²) < 4.78 is 0. The van der Waals surface area contributed by atoms with E-state index in [1.54, 1.807) is 37.3 Å². The average Bonchev–Trinajstić information content (AvgIpc) is 2.81. The van der Waals surface area contributed by atoms with Crippen molar-refractivity contribution in [3.63, 3.8) is 0 Å². The van der Waals surface area contributed by atoms with Crippen LogP contribution in [0.1, 0.15) is 47.1 Å². The van der Waals surface area contributed by atoms with Crippen LogP contribution >= 0.6 is 0 Å². The van der Waals surface area contributed by atoms with Crippen LogP contribution in [0.4, 0.5) is 0 Å². The van der Waals surface area contributed by atoms with E-state index in [0.717, 1.165) is 0 Å². The summed E-state index contributed by atoms with van der Waals surface area (Å²) in [7, 11) is 0. The standard InChI is InChI=1S/C19H4N12/c1-19-17-15(28-10(4-22)11(5-23)29-17)14-16(27-9(3-21)8(2-20)26-14)18(19)30-12(6-24)13(7-25)31-19/h18H,1H3. The Labute approximate surface area is 174 Å². The van der Waals surface area contributed by atoms with Gasteiger partial charge in [-0.05, 0) is 6.92 Å². The van der Waals surface area contributed by atoms with Gasteiger partial charge in [0.15, 0.2) is 34.2 Å². The summed E-state index contributed by atoms with van der Waals surface area (Å²) in [6.07, 6.45) is 0. The van der Waals surface area contributed by atoms with Gasteiger partial charge in [-0.25, -0.2) is 19.9 Å². The lowest BCUT2D eigenvalue weighted by molar-refractivity contribution is 0.374. The maximum atomic E-state index is 9.42. The second kappa shape index (κ2) is 6.50. The van der Waals surface area contributed by atoms with Crippen LogP contribution < -0.4 is 0 Å². The molecule has 0 bridgehead atoms. The molecule has 0 saturated heterocycles. The number of nitriles is 6. The molecular weight excluding hydrogens is 396 g/mol. The van der Waals surface area contributed by atoms with Gasteiger partial charge in [-0.1, -0.05) is 0 Å². The fourth-order valence-corrected chi connectivity index (χ4v) is 3.41. The van der Waals surface area contributed by atoms with E-state index < -0.39 is 11.6 Å². The van der Waals surface area contributed by atoms with E-state index >= 15 is 0 Å². The average molecular weight is 400 g/mol. The highest BCUT2D eigenvalue weighted by Gasteiger charge is 2.51. The molecule has 0 amide bonds. The summed E-state index contributed by atoms with van der Waals surface area (Å²) in [4.78, 5) is 25.5. The number of fused-ring (bicyclic) bond motifs is 6. The van der Waals surface area contributed by atoms with Gasteiger partial charge < -0.3 is 0 Å². The molecule has 3 heterocycles. The molecule has 1 aliphatic carbocycles. The second-order valence-corrected chi connectivity index (χ2v) is 6.43. The van der Waals surface area contributed by atoms with Gasteiger partial charge in [0.2, 0.25) is 0 Å². The molecule has 31 heavy (non-hydrogen) atoms. The van der Waals surface area contributed by atoms with Gasteiger partial charge >= 0.3 is 0 Å². The molecule has 4 rings (SSSR count). The maximum Gasteiger partial charge on any atom is 0.177 e. The molecule has 0 spiro atoms. The van der Waals surface area contributed by atoms with Gasteiger partial charge in [0.1, 0.15) is 65.1 Å². The van der Waals surface area contributed by atoms with E-state index in [1.807, 2.05) is 6.07 Å². The lowest BCUT2D eigenvalue weighted by atomic mass is 9.78. The normalized spacial score (nSPS) is 19.8. The Balaban J connectivity index is 2.20. The molecule has 2 aromatic heterocycles. The first kappa shape index (κ1) is 18.8. The topological polar surface area (TPSA) is 219 Å². The van der Waals surface area contributed by atoms with Crippen LogP contribution in [0.25, 0.3) is 11.4 Å². The molecule has 2 aliphatic rings. The number of nitrogens with zero attached hydrogens (tertiary/aromatic N) is 12. The van der Waals surface area contributed by atoms with Crippen molar-refractivity contribution in [1.29, 1.82) is 31.6 Å². The summed E-state index contributed by atoms with van der Waals surface area (Å²) in [5.74, 6) is 0. The van der Waals surface area contributed by atoms with E-state index in [2.05, 4.69) is 29.9 Å². The SMILES string of the molecule is CC12N=C(C#N)C(C#N)=NC1c1nc(C#N)c(C#N)nc1-c1nc(C#N)c(C#N)nc12. The molecule has 0 fully saturated rings. The minimum absolute atomic E-state index is 0.0226. The Hall–Kier alpha value is -5.56. The predicted molar refractivity (Wildman–Crippen MR) is 98.1 cm³/mol. The zero-order valence-electron chi connectivity index (χ0n) is 15.4. The summed E-state index contributed by atoms with van der Waals surface area (Å²) in [6, 6.07) is 9.70. The zero-order chi connectivity index (χ0) is 22.3. The van der Waals surface area contributed by atoms with Gasteiger partial charge in [0.05, 0.1) is 5.69 Å². The van der Waals surface area contributed by atoms with Crippen LogP contribution in [0, 0.1) is 68.0 Å². The van der Waals surface area contributed by atoms with Crippen LogP contribution in [0.15, 0.2) is 9.98 Å². The molecule has 12 heteroatoms. The molecule has 2 aromatic rings. The predicted octanol–water partition coefficient (Wildman–Crippen LogP) is 0.633. The minimum atomic E-state index is -1.43. The van der Waals surface area contributed by atoms with Crippen molar-refractivity contribution >= 4 is 11.4 Å². The first-order valence-corrected chi connectivity index (χ1v) is 8.39. The first-order chi connectivity index (χ1) is 14.9. The summed E-state index contributed by atoms with van der Waals surface area (Å²) in [6.45, 7) is 1.56. The Morgan fingerprint density at radius 3 is 1.71 bits per heavy atom. The van der Waals surface area contributed by atoms with Gasteiger partial charge in [-0.2, -0.15) is 31.6 Å². The van der Waals surface area contributed by atoms with Gasteiger partial charge in [-0.15, -0.1) is 0 Å². The first-order valence-electron chi connectivity index (χ1n) is 8.39. The van der Waals surface area contributed by atoms with Gasteiger partial charge in [-0.3, -0.25) is 9.98 Å². The molecule has 2 unspecified atom stereocenters. The zero-order valence-corrected chi connectivity index (χ0v) is 15.4. The molecule has 0 saturated carbocycles. The Bertz CT molecular complexity index is 1520. The lowest BCUT2D eigenvalue weighted by Gasteiger charge is -2.38. The van der Waals surface area contributed by atoms with Crippen LogP contribution in [0.3, 0.4) is 0 Å². The summed E-state index contributed by atoms with van der Waals surface area (Å²) in [5, 5.41) is 56.3. The largest absolute Gasteiger partial charge is 0.259 e. The van der Waals surface area contributed by atoms with Crippen LogP contribution in [-0.2, 0) is 5.54 Å². The molecule has 2 atom stereocenters. The van der Waals surface area contributed by atoms with Crippen molar-refractivity contribution in [3.05, 3.63) is 34.2 Å². The molecule has 0 N–H and O–H groups in total. The third-order valence-corrected chi connectivity index (χ3v) is 4.78. The molecular formula is C19H4N12. The van der Waals surface area contributed by atoms with E-state index in [1.165, 1.54) is 0 Å². The Morgan fingerprint density at radius 1 is 0.645 bits per heavy atom. The number of aliphatic imine (C=N–C) groups is 2. The van der Waals surface area contributed by atoms with Crippen molar-refractivity contribution in [1.82, 2.24) is 19.9 Å².